The lowest BCUT2D eigenvalue weighted by Crippen LogP contribution is -2.05. The molecule has 104 valence electrons. The Balaban J connectivity index is 2.29. The molecule has 2 nitrogen and oxygen atoms in total. The third-order valence-electron chi connectivity index (χ3n) is 3.15. The Kier molecular flexibility index (Phi) is 4.46. The van der Waals surface area contributed by atoms with Gasteiger partial charge in [-0.1, -0.05) is 29.3 Å². The van der Waals surface area contributed by atoms with Gasteiger partial charge < -0.3 is 4.74 Å². The minimum atomic E-state index is 0.0412. The van der Waals surface area contributed by atoms with Gasteiger partial charge in [-0.2, -0.15) is 0 Å². The van der Waals surface area contributed by atoms with Crippen molar-refractivity contribution < 1.29 is 9.53 Å². The van der Waals surface area contributed by atoms with E-state index in [0.717, 1.165) is 22.4 Å². The number of Topliss-reactive ketones (excluding diaryl/α,β-unsaturated/α-hetero) is 1. The lowest BCUT2D eigenvalue weighted by molar-refractivity contribution is 0.0992. The van der Waals surface area contributed by atoms with Crippen LogP contribution < -0.4 is 4.74 Å². The number of carbonyl (C=O) groups is 1. The van der Waals surface area contributed by atoms with Gasteiger partial charge in [0.1, 0.15) is 5.75 Å². The topological polar surface area (TPSA) is 26.3 Å². The largest absolute Gasteiger partial charge is 0.496 e. The van der Waals surface area contributed by atoms with Gasteiger partial charge in [-0.25, -0.2) is 0 Å². The predicted octanol–water partition coefficient (Wildman–Crippen LogP) is 4.39. The number of ether oxygens (including phenoxy) is 1. The molecule has 0 atom stereocenters. The van der Waals surface area contributed by atoms with Crippen molar-refractivity contribution in [1.82, 2.24) is 0 Å². The average molecular weight is 289 g/mol. The molecular weight excluding hydrogens is 272 g/mol. The number of carbonyl (C=O) groups excluding carboxylic acids is 1. The zero-order valence-corrected chi connectivity index (χ0v) is 12.6. The van der Waals surface area contributed by atoms with Crippen LogP contribution in [0.4, 0.5) is 0 Å². The molecular formula is C17H17ClO2. The van der Waals surface area contributed by atoms with Gasteiger partial charge in [0.25, 0.3) is 0 Å². The number of ketones is 1. The summed E-state index contributed by atoms with van der Waals surface area (Å²) in [5, 5.41) is 0.588. The normalized spacial score (nSPS) is 10.4. The fourth-order valence-corrected chi connectivity index (χ4v) is 2.51. The maximum absolute atomic E-state index is 12.4. The Labute approximate surface area is 124 Å². The molecule has 20 heavy (non-hydrogen) atoms. The highest BCUT2D eigenvalue weighted by molar-refractivity contribution is 6.31. The van der Waals surface area contributed by atoms with Crippen LogP contribution >= 0.6 is 11.6 Å². The first kappa shape index (κ1) is 14.6. The molecule has 0 radical (unpaired) electrons. The third-order valence-corrected chi connectivity index (χ3v) is 3.37. The van der Waals surface area contributed by atoms with Gasteiger partial charge in [-0.3, -0.25) is 4.79 Å². The number of hydrogen-bond acceptors (Lipinski definition) is 2. The average Bonchev–Trinajstić information content (AvgIpc) is 2.37. The Morgan fingerprint density at radius 3 is 2.50 bits per heavy atom. The summed E-state index contributed by atoms with van der Waals surface area (Å²) in [6.45, 7) is 3.92. The summed E-state index contributed by atoms with van der Waals surface area (Å²) in [5.41, 5.74) is 3.63. The summed E-state index contributed by atoms with van der Waals surface area (Å²) in [5.74, 6) is 0.780. The van der Waals surface area contributed by atoms with Crippen molar-refractivity contribution in [2.24, 2.45) is 0 Å². The van der Waals surface area contributed by atoms with Crippen LogP contribution in [0.1, 0.15) is 27.0 Å². The van der Waals surface area contributed by atoms with Crippen LogP contribution in [0.3, 0.4) is 0 Å². The summed E-state index contributed by atoms with van der Waals surface area (Å²) >= 11 is 6.00. The van der Waals surface area contributed by atoms with E-state index in [0.29, 0.717) is 17.0 Å². The molecule has 0 aliphatic rings. The molecule has 0 heterocycles. The molecule has 2 aromatic rings. The Morgan fingerprint density at radius 1 is 1.10 bits per heavy atom. The van der Waals surface area contributed by atoms with Gasteiger partial charge in [0.2, 0.25) is 0 Å². The summed E-state index contributed by atoms with van der Waals surface area (Å²) in [4.78, 5) is 12.4. The van der Waals surface area contributed by atoms with Crippen LogP contribution in [-0.2, 0) is 6.42 Å². The van der Waals surface area contributed by atoms with Crippen molar-refractivity contribution in [3.63, 3.8) is 0 Å². The van der Waals surface area contributed by atoms with Gasteiger partial charge >= 0.3 is 0 Å². The zero-order valence-electron chi connectivity index (χ0n) is 11.9. The quantitative estimate of drug-likeness (QED) is 0.780. The first-order valence-electron chi connectivity index (χ1n) is 6.43. The van der Waals surface area contributed by atoms with E-state index in [2.05, 4.69) is 0 Å². The second-order valence-electron chi connectivity index (χ2n) is 4.93. The molecule has 0 saturated carbocycles. The van der Waals surface area contributed by atoms with Crippen LogP contribution in [0.5, 0.6) is 5.75 Å². The lowest BCUT2D eigenvalue weighted by atomic mass is 9.99. The van der Waals surface area contributed by atoms with Crippen LogP contribution in [0.15, 0.2) is 36.4 Å². The molecule has 0 aromatic heterocycles. The van der Waals surface area contributed by atoms with E-state index < -0.39 is 0 Å². The summed E-state index contributed by atoms with van der Waals surface area (Å²) in [6.07, 6.45) is 0.310. The first-order chi connectivity index (χ1) is 9.49. The maximum atomic E-state index is 12.4. The lowest BCUT2D eigenvalue weighted by Gasteiger charge is -2.09. The highest BCUT2D eigenvalue weighted by atomic mass is 35.5. The van der Waals surface area contributed by atoms with Crippen LogP contribution in [0.25, 0.3) is 0 Å². The van der Waals surface area contributed by atoms with E-state index in [9.17, 15) is 4.79 Å². The van der Waals surface area contributed by atoms with Crippen molar-refractivity contribution in [2.75, 3.05) is 7.11 Å². The number of hydrogen-bond donors (Lipinski definition) is 0. The zero-order chi connectivity index (χ0) is 14.7. The number of methoxy groups -OCH3 is 1. The van der Waals surface area contributed by atoms with Crippen molar-refractivity contribution in [3.8, 4) is 5.75 Å². The van der Waals surface area contributed by atoms with E-state index >= 15 is 0 Å². The molecule has 0 fully saturated rings. The Morgan fingerprint density at radius 2 is 1.85 bits per heavy atom. The van der Waals surface area contributed by atoms with E-state index in [1.807, 2.05) is 44.2 Å². The first-order valence-corrected chi connectivity index (χ1v) is 6.81. The third kappa shape index (κ3) is 3.40. The molecule has 0 N–H and O–H groups in total. The Hall–Kier alpha value is -1.80. The fraction of sp³-hybridized carbons (Fsp3) is 0.235. The molecule has 0 unspecified atom stereocenters. The predicted molar refractivity (Wildman–Crippen MR) is 82.0 cm³/mol. The maximum Gasteiger partial charge on any atom is 0.167 e. The van der Waals surface area contributed by atoms with Gasteiger partial charge in [0.15, 0.2) is 5.78 Å². The smallest absolute Gasteiger partial charge is 0.167 e. The molecule has 0 saturated heterocycles. The highest BCUT2D eigenvalue weighted by Gasteiger charge is 2.12. The number of benzene rings is 2. The molecule has 0 spiro atoms. The summed E-state index contributed by atoms with van der Waals surface area (Å²) < 4.78 is 5.31. The number of aryl methyl sites for hydroxylation is 2. The highest BCUT2D eigenvalue weighted by Crippen LogP contribution is 2.23. The van der Waals surface area contributed by atoms with E-state index in [-0.39, 0.29) is 5.78 Å². The monoisotopic (exact) mass is 288 g/mol. The molecule has 3 heteroatoms. The van der Waals surface area contributed by atoms with Crippen molar-refractivity contribution in [2.45, 2.75) is 20.3 Å². The summed E-state index contributed by atoms with van der Waals surface area (Å²) in [7, 11) is 1.61. The van der Waals surface area contributed by atoms with E-state index in [1.165, 1.54) is 0 Å². The van der Waals surface area contributed by atoms with Crippen molar-refractivity contribution in [3.05, 3.63) is 63.7 Å². The van der Waals surface area contributed by atoms with E-state index in [4.69, 9.17) is 16.3 Å². The van der Waals surface area contributed by atoms with Gasteiger partial charge in [-0.05, 0) is 43.7 Å². The SMILES string of the molecule is COc1ccc(C)cc1CC(=O)c1cc(C)cc(Cl)c1. The van der Waals surface area contributed by atoms with Crippen LogP contribution in [-0.4, -0.2) is 12.9 Å². The fourth-order valence-electron chi connectivity index (χ4n) is 2.22. The summed E-state index contributed by atoms with van der Waals surface area (Å²) in [6, 6.07) is 11.2. The Bertz CT molecular complexity index is 627. The molecule has 0 aliphatic carbocycles. The molecule has 0 amide bonds. The van der Waals surface area contributed by atoms with Crippen LogP contribution in [0.2, 0.25) is 5.02 Å². The minimum Gasteiger partial charge on any atom is -0.496 e. The molecule has 2 aromatic carbocycles. The number of halogens is 1. The van der Waals surface area contributed by atoms with Gasteiger partial charge in [0.05, 0.1) is 7.11 Å². The second kappa shape index (κ2) is 6.10. The van der Waals surface area contributed by atoms with Crippen molar-refractivity contribution >= 4 is 17.4 Å². The van der Waals surface area contributed by atoms with Gasteiger partial charge in [0, 0.05) is 22.6 Å². The minimum absolute atomic E-state index is 0.0412. The molecule has 0 bridgehead atoms. The standard InChI is InChI=1S/C17H17ClO2/c1-11-4-5-17(20-3)14(6-11)10-16(19)13-7-12(2)8-15(18)9-13/h4-9H,10H2,1-3H3. The van der Waals surface area contributed by atoms with Crippen LogP contribution in [0, 0.1) is 13.8 Å². The van der Waals surface area contributed by atoms with Gasteiger partial charge in [-0.15, -0.1) is 0 Å². The van der Waals surface area contributed by atoms with Crippen molar-refractivity contribution in [1.29, 1.82) is 0 Å². The molecule has 0 aliphatic heterocycles. The van der Waals surface area contributed by atoms with E-state index in [1.54, 1.807) is 13.2 Å². The number of rotatable bonds is 4. The second-order valence-corrected chi connectivity index (χ2v) is 5.37. The molecule has 2 rings (SSSR count).